The number of nitrogens with one attached hydrogen (secondary N) is 1. The number of nitrogens with zero attached hydrogens (tertiary/aromatic N) is 5. The van der Waals surface area contributed by atoms with Gasteiger partial charge in [0.05, 0.1) is 25.0 Å². The molecule has 7 nitrogen and oxygen atoms in total. The van der Waals surface area contributed by atoms with Crippen molar-refractivity contribution in [3.63, 3.8) is 0 Å². The lowest BCUT2D eigenvalue weighted by Gasteiger charge is -2.01. The van der Waals surface area contributed by atoms with Gasteiger partial charge in [-0.2, -0.15) is 20.2 Å². The minimum absolute atomic E-state index is 0.422. The molecule has 0 aliphatic rings. The van der Waals surface area contributed by atoms with Gasteiger partial charge in [-0.1, -0.05) is 84.2 Å². The van der Waals surface area contributed by atoms with Crippen LogP contribution in [0, 0.1) is 0 Å². The quantitative estimate of drug-likeness (QED) is 0.399. The minimum Gasteiger partial charge on any atom is -0.391 e. The van der Waals surface area contributed by atoms with E-state index in [1.807, 2.05) is 36.4 Å². The van der Waals surface area contributed by atoms with E-state index in [1.54, 1.807) is 42.8 Å². The van der Waals surface area contributed by atoms with Crippen LogP contribution in [0.15, 0.2) is 83.1 Å². The van der Waals surface area contributed by atoms with Crippen molar-refractivity contribution >= 4 is 23.5 Å². The van der Waals surface area contributed by atoms with E-state index in [1.165, 1.54) is 15.9 Å². The fourth-order valence-corrected chi connectivity index (χ4v) is 3.92. The molecule has 9 heteroatoms. The predicted molar refractivity (Wildman–Crippen MR) is 120 cm³/mol. The third kappa shape index (κ3) is 8.02. The molecular formula is C21H24N6OS2. The predicted octanol–water partition coefficient (Wildman–Crippen LogP) is 4.05. The van der Waals surface area contributed by atoms with E-state index in [4.69, 9.17) is 0 Å². The fraction of sp³-hybridized carbons (Fsp3) is 0.238. The van der Waals surface area contributed by atoms with E-state index < -0.39 is 6.10 Å². The maximum Gasteiger partial charge on any atom is 0.139 e. The van der Waals surface area contributed by atoms with E-state index in [-0.39, 0.29) is 0 Å². The Kier molecular flexibility index (Phi) is 8.95. The first-order chi connectivity index (χ1) is 14.7. The normalized spacial score (nSPS) is 11.5. The molecule has 2 aromatic carbocycles. The summed E-state index contributed by atoms with van der Waals surface area (Å²) in [5, 5.41) is 29.7. The summed E-state index contributed by atoms with van der Waals surface area (Å²) in [6, 6.07) is 20.6. The lowest BCUT2D eigenvalue weighted by atomic mass is 10.2. The SMILES string of the molecule is C[C@@H](O)Cn1ncc(SCc2ccccc2)n1.c1ccc(CSc2cn[nH]n2)cc1. The summed E-state index contributed by atoms with van der Waals surface area (Å²) in [4.78, 5) is 1.53. The number of aromatic nitrogens is 6. The Morgan fingerprint density at radius 3 is 2.03 bits per heavy atom. The summed E-state index contributed by atoms with van der Waals surface area (Å²) in [6.45, 7) is 2.16. The van der Waals surface area contributed by atoms with Gasteiger partial charge in [0, 0.05) is 11.5 Å². The second-order valence-corrected chi connectivity index (χ2v) is 8.43. The van der Waals surface area contributed by atoms with Crippen LogP contribution in [0.2, 0.25) is 0 Å². The number of H-pyrrole nitrogens is 1. The number of hydrogen-bond donors (Lipinski definition) is 2. The second-order valence-electron chi connectivity index (χ2n) is 6.44. The van der Waals surface area contributed by atoms with Gasteiger partial charge in [0.1, 0.15) is 10.1 Å². The Balaban J connectivity index is 0.000000177. The van der Waals surface area contributed by atoms with Crippen molar-refractivity contribution < 1.29 is 5.11 Å². The van der Waals surface area contributed by atoms with Crippen molar-refractivity contribution in [2.75, 3.05) is 0 Å². The summed E-state index contributed by atoms with van der Waals surface area (Å²) in [7, 11) is 0. The fourth-order valence-electron chi connectivity index (χ4n) is 2.40. The third-order valence-corrected chi connectivity index (χ3v) is 5.73. The monoisotopic (exact) mass is 440 g/mol. The van der Waals surface area contributed by atoms with Gasteiger partial charge in [0.2, 0.25) is 0 Å². The Morgan fingerprint density at radius 2 is 1.50 bits per heavy atom. The molecule has 0 unspecified atom stereocenters. The summed E-state index contributed by atoms with van der Waals surface area (Å²) in [5.74, 6) is 1.82. The Morgan fingerprint density at radius 1 is 0.900 bits per heavy atom. The highest BCUT2D eigenvalue weighted by Gasteiger charge is 2.04. The molecule has 0 fully saturated rings. The van der Waals surface area contributed by atoms with Gasteiger partial charge in [-0.3, -0.25) is 0 Å². The molecule has 1 atom stereocenters. The van der Waals surface area contributed by atoms with Crippen molar-refractivity contribution in [2.24, 2.45) is 0 Å². The molecule has 2 N–H and O–H groups in total. The van der Waals surface area contributed by atoms with Gasteiger partial charge in [-0.15, -0.1) is 10.2 Å². The minimum atomic E-state index is -0.422. The van der Waals surface area contributed by atoms with E-state index in [0.717, 1.165) is 21.6 Å². The Hall–Kier alpha value is -2.62. The highest BCUT2D eigenvalue weighted by atomic mass is 32.2. The lowest BCUT2D eigenvalue weighted by molar-refractivity contribution is 0.161. The van der Waals surface area contributed by atoms with Gasteiger partial charge < -0.3 is 5.11 Å². The van der Waals surface area contributed by atoms with Gasteiger partial charge in [-0.25, -0.2) is 0 Å². The van der Waals surface area contributed by atoms with Crippen LogP contribution >= 0.6 is 23.5 Å². The third-order valence-electron chi connectivity index (χ3n) is 3.79. The van der Waals surface area contributed by atoms with Gasteiger partial charge in [0.25, 0.3) is 0 Å². The largest absolute Gasteiger partial charge is 0.391 e. The second kappa shape index (κ2) is 12.2. The molecule has 0 spiro atoms. The average Bonchev–Trinajstić information content (AvgIpc) is 3.44. The Labute approximate surface area is 184 Å². The van der Waals surface area contributed by atoms with E-state index in [0.29, 0.717) is 6.54 Å². The van der Waals surface area contributed by atoms with Crippen LogP contribution in [-0.2, 0) is 18.1 Å². The average molecular weight is 441 g/mol. The van der Waals surface area contributed by atoms with Crippen LogP contribution in [-0.4, -0.2) is 41.6 Å². The Bertz CT molecular complexity index is 962. The van der Waals surface area contributed by atoms with Gasteiger partial charge >= 0.3 is 0 Å². The first kappa shape index (κ1) is 22.1. The topological polar surface area (TPSA) is 92.5 Å². The molecule has 2 aromatic heterocycles. The highest BCUT2D eigenvalue weighted by molar-refractivity contribution is 7.98. The number of hydrogen-bond acceptors (Lipinski definition) is 7. The maximum absolute atomic E-state index is 9.22. The molecule has 0 saturated carbocycles. The molecule has 0 aliphatic carbocycles. The van der Waals surface area contributed by atoms with E-state index >= 15 is 0 Å². The molecule has 4 rings (SSSR count). The molecule has 4 aromatic rings. The molecule has 0 aliphatic heterocycles. The van der Waals surface area contributed by atoms with Crippen LogP contribution in [0.4, 0.5) is 0 Å². The molecular weight excluding hydrogens is 416 g/mol. The molecule has 0 amide bonds. The summed E-state index contributed by atoms with van der Waals surface area (Å²) in [6.07, 6.45) is 3.04. The van der Waals surface area contributed by atoms with Crippen molar-refractivity contribution in [3.8, 4) is 0 Å². The summed E-state index contributed by atoms with van der Waals surface area (Å²) < 4.78 is 0. The van der Waals surface area contributed by atoms with Gasteiger partial charge in [0.15, 0.2) is 0 Å². The number of benzene rings is 2. The molecule has 30 heavy (non-hydrogen) atoms. The number of aliphatic hydroxyl groups excluding tert-OH is 1. The van der Waals surface area contributed by atoms with Crippen LogP contribution in [0.25, 0.3) is 0 Å². The van der Waals surface area contributed by atoms with Crippen molar-refractivity contribution in [3.05, 3.63) is 84.2 Å². The highest BCUT2D eigenvalue weighted by Crippen LogP contribution is 2.20. The number of aromatic amines is 1. The molecule has 0 saturated heterocycles. The molecule has 2 heterocycles. The van der Waals surface area contributed by atoms with Gasteiger partial charge in [-0.05, 0) is 18.1 Å². The van der Waals surface area contributed by atoms with Crippen LogP contribution in [0.5, 0.6) is 0 Å². The maximum atomic E-state index is 9.22. The molecule has 0 bridgehead atoms. The molecule has 0 radical (unpaired) electrons. The van der Waals surface area contributed by atoms with Crippen molar-refractivity contribution in [1.29, 1.82) is 0 Å². The lowest BCUT2D eigenvalue weighted by Crippen LogP contribution is -2.14. The zero-order chi connectivity index (χ0) is 21.0. The summed E-state index contributed by atoms with van der Waals surface area (Å²) in [5.41, 5.74) is 2.57. The van der Waals surface area contributed by atoms with E-state index in [9.17, 15) is 5.11 Å². The van der Waals surface area contributed by atoms with Crippen LogP contribution in [0.1, 0.15) is 18.1 Å². The van der Waals surface area contributed by atoms with E-state index in [2.05, 4.69) is 49.9 Å². The van der Waals surface area contributed by atoms with Crippen LogP contribution in [0.3, 0.4) is 0 Å². The standard InChI is InChI=1S/C12H15N3OS.C9H9N3S/c1-10(16)8-15-13-7-12(14-15)17-9-11-5-3-2-4-6-11;1-2-4-8(5-3-1)7-13-9-6-10-12-11-9/h2-7,10,16H,8-9H2,1H3;1-6H,7H2,(H,10,11,12)/t10-;/m1./s1. The number of rotatable bonds is 8. The molecule has 156 valence electrons. The summed E-state index contributed by atoms with van der Waals surface area (Å²) >= 11 is 3.32. The zero-order valence-electron chi connectivity index (χ0n) is 16.6. The van der Waals surface area contributed by atoms with Crippen molar-refractivity contribution in [1.82, 2.24) is 30.4 Å². The van der Waals surface area contributed by atoms with Crippen molar-refractivity contribution in [2.45, 2.75) is 41.1 Å². The zero-order valence-corrected chi connectivity index (χ0v) is 18.3. The van der Waals surface area contributed by atoms with Crippen LogP contribution < -0.4 is 0 Å². The number of thioether (sulfide) groups is 2. The number of aliphatic hydroxyl groups is 1. The smallest absolute Gasteiger partial charge is 0.139 e. The first-order valence-corrected chi connectivity index (χ1v) is 11.4. The first-order valence-electron chi connectivity index (χ1n) is 9.46.